The third-order valence-corrected chi connectivity index (χ3v) is 11.3. The summed E-state index contributed by atoms with van der Waals surface area (Å²) >= 11 is 0. The molecule has 10 rings (SSSR count). The van der Waals surface area contributed by atoms with Gasteiger partial charge in [-0.2, -0.15) is 0 Å². The molecule has 1 atom stereocenters. The molecule has 0 spiro atoms. The third-order valence-electron chi connectivity index (χ3n) is 11.3. The summed E-state index contributed by atoms with van der Waals surface area (Å²) in [7, 11) is 0. The second-order valence-electron chi connectivity index (χ2n) is 13.9. The van der Waals surface area contributed by atoms with E-state index in [1.807, 2.05) is 24.5 Å². The van der Waals surface area contributed by atoms with Crippen molar-refractivity contribution in [3.05, 3.63) is 233 Å². The Kier molecular flexibility index (Phi) is 6.84. The molecule has 3 heteroatoms. The molecule has 0 bridgehead atoms. The van der Waals surface area contributed by atoms with E-state index in [-0.39, 0.29) is 0 Å². The van der Waals surface area contributed by atoms with E-state index in [1.165, 1.54) is 44.6 Å². The van der Waals surface area contributed by atoms with Crippen LogP contribution in [0.25, 0.3) is 22.5 Å². The van der Waals surface area contributed by atoms with Crippen molar-refractivity contribution in [1.82, 2.24) is 9.97 Å². The minimum Gasteiger partial charge on any atom is -0.309 e. The van der Waals surface area contributed by atoms with Crippen LogP contribution in [0.4, 0.5) is 17.1 Å². The van der Waals surface area contributed by atoms with Gasteiger partial charge < -0.3 is 4.90 Å². The molecule has 1 unspecified atom stereocenters. The van der Waals surface area contributed by atoms with Crippen molar-refractivity contribution in [3.63, 3.8) is 0 Å². The summed E-state index contributed by atoms with van der Waals surface area (Å²) in [5.74, 6) is 0. The zero-order chi connectivity index (χ0) is 34.7. The summed E-state index contributed by atoms with van der Waals surface area (Å²) in [6, 6.07) is 66.3. The molecular formula is C49H35N3. The fraction of sp³-hybridized carbons (Fsp3) is 0.0612. The molecule has 246 valence electrons. The Balaban J connectivity index is 1.39. The van der Waals surface area contributed by atoms with E-state index in [9.17, 15) is 0 Å². The average molecular weight is 666 g/mol. The average Bonchev–Trinajstić information content (AvgIpc) is 3.23. The molecule has 2 aromatic heterocycles. The summed E-state index contributed by atoms with van der Waals surface area (Å²) in [5, 5.41) is 0. The monoisotopic (exact) mass is 665 g/mol. The van der Waals surface area contributed by atoms with Gasteiger partial charge in [-0.15, -0.1) is 0 Å². The first kappa shape index (κ1) is 30.3. The number of benzene rings is 6. The second kappa shape index (κ2) is 11.8. The van der Waals surface area contributed by atoms with Gasteiger partial charge >= 0.3 is 0 Å². The lowest BCUT2D eigenvalue weighted by Gasteiger charge is -2.52. The molecule has 0 radical (unpaired) electrons. The van der Waals surface area contributed by atoms with Gasteiger partial charge in [-0.1, -0.05) is 146 Å². The Morgan fingerprint density at radius 2 is 0.885 bits per heavy atom. The molecular weight excluding hydrogens is 631 g/mol. The number of rotatable bonds is 5. The van der Waals surface area contributed by atoms with Gasteiger partial charge in [0.05, 0.1) is 33.9 Å². The fourth-order valence-corrected chi connectivity index (χ4v) is 8.96. The Bertz CT molecular complexity index is 2530. The van der Waals surface area contributed by atoms with E-state index >= 15 is 0 Å². The highest BCUT2D eigenvalue weighted by atomic mass is 15.2. The summed E-state index contributed by atoms with van der Waals surface area (Å²) in [5.41, 5.74) is 15.3. The van der Waals surface area contributed by atoms with Gasteiger partial charge in [0.1, 0.15) is 0 Å². The lowest BCUT2D eigenvalue weighted by molar-refractivity contribution is 0.660. The van der Waals surface area contributed by atoms with Crippen molar-refractivity contribution < 1.29 is 0 Å². The SMILES string of the molecule is CC1(c2ccccc2)c2ccc(-c3ccccn3)cc2N2c3cc(-c4ccccn4)ccc3C(c3ccccc3)(c3ccccc3)c3cccc1c32. The van der Waals surface area contributed by atoms with Crippen LogP contribution < -0.4 is 4.90 Å². The smallest absolute Gasteiger partial charge is 0.0742 e. The van der Waals surface area contributed by atoms with Gasteiger partial charge in [-0.05, 0) is 82.3 Å². The number of aromatic nitrogens is 2. The lowest BCUT2D eigenvalue weighted by Crippen LogP contribution is -2.42. The molecule has 0 aliphatic carbocycles. The molecule has 8 aromatic rings. The van der Waals surface area contributed by atoms with Crippen molar-refractivity contribution in [3.8, 4) is 22.5 Å². The molecule has 52 heavy (non-hydrogen) atoms. The van der Waals surface area contributed by atoms with Crippen molar-refractivity contribution in [1.29, 1.82) is 0 Å². The standard InChI is InChI=1S/C49H35N3/c1-48(36-16-5-2-6-17-36)39-28-26-34(43-24-11-13-30-50-43)32-45(39)52-46-33-35(44-25-12-14-31-51-44)27-29-40(46)49(37-18-7-3-8-19-37,38-20-9-4-10-21-38)42-23-15-22-41(48)47(42)52/h2-33H,1H3. The van der Waals surface area contributed by atoms with Gasteiger partial charge in [-0.25, -0.2) is 0 Å². The van der Waals surface area contributed by atoms with Crippen LogP contribution in [0.1, 0.15) is 45.9 Å². The Hall–Kier alpha value is -6.58. The predicted octanol–water partition coefficient (Wildman–Crippen LogP) is 11.6. The normalized spacial score (nSPS) is 16.4. The number of hydrogen-bond acceptors (Lipinski definition) is 3. The van der Waals surface area contributed by atoms with Crippen LogP contribution in [0.5, 0.6) is 0 Å². The van der Waals surface area contributed by atoms with Crippen LogP contribution in [0, 0.1) is 0 Å². The van der Waals surface area contributed by atoms with Crippen LogP contribution in [-0.2, 0) is 10.8 Å². The number of hydrogen-bond donors (Lipinski definition) is 0. The summed E-state index contributed by atoms with van der Waals surface area (Å²) in [4.78, 5) is 12.1. The highest BCUT2D eigenvalue weighted by Crippen LogP contribution is 2.64. The van der Waals surface area contributed by atoms with Crippen molar-refractivity contribution in [2.45, 2.75) is 17.8 Å². The first-order valence-electron chi connectivity index (χ1n) is 17.9. The van der Waals surface area contributed by atoms with Crippen LogP contribution in [0.15, 0.2) is 194 Å². The lowest BCUT2D eigenvalue weighted by atomic mass is 9.58. The summed E-state index contributed by atoms with van der Waals surface area (Å²) in [6.07, 6.45) is 3.75. The van der Waals surface area contributed by atoms with E-state index in [2.05, 4.69) is 182 Å². The molecule has 0 fully saturated rings. The van der Waals surface area contributed by atoms with E-state index < -0.39 is 10.8 Å². The first-order valence-corrected chi connectivity index (χ1v) is 17.9. The maximum atomic E-state index is 4.81. The molecule has 2 aliphatic heterocycles. The Labute approximate surface area is 304 Å². The van der Waals surface area contributed by atoms with Crippen LogP contribution in [0.2, 0.25) is 0 Å². The van der Waals surface area contributed by atoms with Gasteiger partial charge in [0.15, 0.2) is 0 Å². The number of fused-ring (bicyclic) bond motifs is 4. The molecule has 0 N–H and O–H groups in total. The van der Waals surface area contributed by atoms with Crippen molar-refractivity contribution >= 4 is 17.1 Å². The van der Waals surface area contributed by atoms with Crippen LogP contribution in [0.3, 0.4) is 0 Å². The summed E-state index contributed by atoms with van der Waals surface area (Å²) in [6.45, 7) is 2.40. The minimum absolute atomic E-state index is 0.448. The number of anilines is 3. The molecule has 4 heterocycles. The van der Waals surface area contributed by atoms with E-state index in [1.54, 1.807) is 0 Å². The maximum Gasteiger partial charge on any atom is 0.0742 e. The zero-order valence-electron chi connectivity index (χ0n) is 28.8. The molecule has 0 amide bonds. The number of nitrogens with zero attached hydrogens (tertiary/aromatic N) is 3. The van der Waals surface area contributed by atoms with Gasteiger partial charge in [0.2, 0.25) is 0 Å². The van der Waals surface area contributed by atoms with Crippen molar-refractivity contribution in [2.75, 3.05) is 4.90 Å². The Morgan fingerprint density at radius 1 is 0.404 bits per heavy atom. The maximum absolute atomic E-state index is 4.81. The van der Waals surface area contributed by atoms with Crippen LogP contribution in [-0.4, -0.2) is 9.97 Å². The van der Waals surface area contributed by atoms with Crippen molar-refractivity contribution in [2.24, 2.45) is 0 Å². The quantitative estimate of drug-likeness (QED) is 0.183. The van der Waals surface area contributed by atoms with E-state index in [4.69, 9.17) is 9.97 Å². The number of pyridine rings is 2. The zero-order valence-corrected chi connectivity index (χ0v) is 28.8. The largest absolute Gasteiger partial charge is 0.309 e. The molecule has 0 saturated carbocycles. The predicted molar refractivity (Wildman–Crippen MR) is 211 cm³/mol. The van der Waals surface area contributed by atoms with E-state index in [0.29, 0.717) is 0 Å². The minimum atomic E-state index is -0.601. The first-order chi connectivity index (χ1) is 25.7. The molecule has 3 nitrogen and oxygen atoms in total. The van der Waals surface area contributed by atoms with Gasteiger partial charge in [-0.3, -0.25) is 9.97 Å². The van der Waals surface area contributed by atoms with E-state index in [0.717, 1.165) is 33.9 Å². The topological polar surface area (TPSA) is 29.0 Å². The van der Waals surface area contributed by atoms with Crippen LogP contribution >= 0.6 is 0 Å². The third kappa shape index (κ3) is 4.26. The molecule has 0 saturated heterocycles. The number of para-hydroxylation sites is 1. The van der Waals surface area contributed by atoms with Gasteiger partial charge in [0.25, 0.3) is 0 Å². The summed E-state index contributed by atoms with van der Waals surface area (Å²) < 4.78 is 0. The fourth-order valence-electron chi connectivity index (χ4n) is 8.96. The second-order valence-corrected chi connectivity index (χ2v) is 13.9. The Morgan fingerprint density at radius 3 is 1.42 bits per heavy atom. The highest BCUT2D eigenvalue weighted by molar-refractivity contribution is 5.97. The van der Waals surface area contributed by atoms with Gasteiger partial charge in [0, 0.05) is 28.9 Å². The highest BCUT2D eigenvalue weighted by Gasteiger charge is 2.52. The molecule has 2 aliphatic rings. The molecule has 6 aromatic carbocycles.